The first-order valence-electron chi connectivity index (χ1n) is 8.00. The summed E-state index contributed by atoms with van der Waals surface area (Å²) in [6.45, 7) is 5.51. The second-order valence-electron chi connectivity index (χ2n) is 6.78. The van der Waals surface area contributed by atoms with Gasteiger partial charge in [0.2, 0.25) is 10.0 Å². The van der Waals surface area contributed by atoms with Crippen LogP contribution in [0.3, 0.4) is 0 Å². The first kappa shape index (κ1) is 19.4. The van der Waals surface area contributed by atoms with Crippen LogP contribution in [0.1, 0.15) is 24.0 Å². The fraction of sp³-hybridized carbons (Fsp3) is 0.625. The summed E-state index contributed by atoms with van der Waals surface area (Å²) in [5.74, 6) is 0.276. The molecule has 1 aromatic carbocycles. The van der Waals surface area contributed by atoms with E-state index >= 15 is 0 Å². The van der Waals surface area contributed by atoms with E-state index in [9.17, 15) is 16.8 Å². The summed E-state index contributed by atoms with van der Waals surface area (Å²) in [4.78, 5) is 2.31. The van der Waals surface area contributed by atoms with E-state index < -0.39 is 19.9 Å². The number of sulfone groups is 1. The van der Waals surface area contributed by atoms with Crippen LogP contribution in [0.25, 0.3) is 0 Å². The molecule has 0 bridgehead atoms. The van der Waals surface area contributed by atoms with Gasteiger partial charge in [-0.05, 0) is 69.5 Å². The maximum absolute atomic E-state index is 12.7. The van der Waals surface area contributed by atoms with Gasteiger partial charge in [0.1, 0.15) is 0 Å². The molecule has 1 N–H and O–H groups in total. The van der Waals surface area contributed by atoms with Crippen LogP contribution in [0.2, 0.25) is 0 Å². The SMILES string of the molecule is Cc1cc(S(C)(=O)=O)c(C)c(S(=O)(=O)NCC2CCCN(C)C2)c1. The van der Waals surface area contributed by atoms with Crippen LogP contribution >= 0.6 is 0 Å². The fourth-order valence-corrected chi connectivity index (χ4v) is 5.80. The molecular formula is C16H26N2O4S2. The Bertz CT molecular complexity index is 817. The molecule has 1 saturated heterocycles. The molecule has 136 valence electrons. The molecule has 0 saturated carbocycles. The van der Waals surface area contributed by atoms with Crippen LogP contribution in [0.15, 0.2) is 21.9 Å². The van der Waals surface area contributed by atoms with Crippen molar-refractivity contribution in [3.63, 3.8) is 0 Å². The molecule has 1 aliphatic rings. The van der Waals surface area contributed by atoms with E-state index in [1.807, 2.05) is 7.05 Å². The Kier molecular flexibility index (Phi) is 5.74. The predicted octanol–water partition coefficient (Wildman–Crippen LogP) is 1.33. The molecule has 1 fully saturated rings. The molecule has 24 heavy (non-hydrogen) atoms. The van der Waals surface area contributed by atoms with Gasteiger partial charge in [-0.25, -0.2) is 21.6 Å². The zero-order valence-corrected chi connectivity index (χ0v) is 16.3. The predicted molar refractivity (Wildman–Crippen MR) is 94.4 cm³/mol. The van der Waals surface area contributed by atoms with Gasteiger partial charge in [-0.1, -0.05) is 0 Å². The van der Waals surface area contributed by atoms with Gasteiger partial charge >= 0.3 is 0 Å². The zero-order valence-electron chi connectivity index (χ0n) is 14.7. The highest BCUT2D eigenvalue weighted by molar-refractivity contribution is 7.91. The normalized spacial score (nSPS) is 20.2. The van der Waals surface area contributed by atoms with E-state index in [4.69, 9.17) is 0 Å². The van der Waals surface area contributed by atoms with Gasteiger partial charge in [-0.2, -0.15) is 0 Å². The first-order chi connectivity index (χ1) is 11.0. The van der Waals surface area contributed by atoms with Crippen molar-refractivity contribution in [1.29, 1.82) is 0 Å². The lowest BCUT2D eigenvalue weighted by atomic mass is 9.99. The van der Waals surface area contributed by atoms with E-state index in [0.717, 1.165) is 32.2 Å². The number of rotatable bonds is 5. The molecule has 1 unspecified atom stereocenters. The lowest BCUT2D eigenvalue weighted by Gasteiger charge is -2.29. The molecule has 2 rings (SSSR count). The summed E-state index contributed by atoms with van der Waals surface area (Å²) >= 11 is 0. The van der Waals surface area contributed by atoms with E-state index in [1.165, 1.54) is 12.1 Å². The zero-order chi connectivity index (χ0) is 18.1. The van der Waals surface area contributed by atoms with Gasteiger partial charge in [0.15, 0.2) is 9.84 Å². The van der Waals surface area contributed by atoms with E-state index in [1.54, 1.807) is 13.8 Å². The summed E-state index contributed by atoms with van der Waals surface area (Å²) in [5, 5.41) is 0. The summed E-state index contributed by atoms with van der Waals surface area (Å²) in [5.41, 5.74) is 0.884. The molecule has 0 aromatic heterocycles. The van der Waals surface area contributed by atoms with Gasteiger partial charge in [0, 0.05) is 19.3 Å². The molecule has 0 radical (unpaired) electrons. The Labute approximate surface area is 145 Å². The Morgan fingerprint density at radius 3 is 2.38 bits per heavy atom. The molecule has 0 amide bonds. The third kappa shape index (κ3) is 4.56. The quantitative estimate of drug-likeness (QED) is 0.841. The highest BCUT2D eigenvalue weighted by Crippen LogP contribution is 2.25. The number of piperidine rings is 1. The van der Waals surface area contributed by atoms with Crippen LogP contribution in [0, 0.1) is 19.8 Å². The minimum absolute atomic E-state index is 0.0482. The van der Waals surface area contributed by atoms with Gasteiger partial charge in [0.25, 0.3) is 0 Å². The molecule has 0 spiro atoms. The second kappa shape index (κ2) is 7.11. The Morgan fingerprint density at radius 2 is 1.79 bits per heavy atom. The van der Waals surface area contributed by atoms with Crippen LogP contribution in [0.4, 0.5) is 0 Å². The van der Waals surface area contributed by atoms with Crippen LogP contribution in [0.5, 0.6) is 0 Å². The van der Waals surface area contributed by atoms with Crippen molar-refractivity contribution < 1.29 is 16.8 Å². The standard InChI is InChI=1S/C16H26N2O4S2/c1-12-8-15(23(4,19)20)13(2)16(9-12)24(21,22)17-10-14-6-5-7-18(3)11-14/h8-9,14,17H,5-7,10-11H2,1-4H3. The fourth-order valence-electron chi connectivity index (χ4n) is 3.20. The van der Waals surface area contributed by atoms with Crippen LogP contribution in [-0.4, -0.2) is 54.7 Å². The Balaban J connectivity index is 2.27. The minimum Gasteiger partial charge on any atom is -0.306 e. The van der Waals surface area contributed by atoms with Gasteiger partial charge in [-0.3, -0.25) is 0 Å². The molecule has 1 aliphatic heterocycles. The molecule has 6 nitrogen and oxygen atoms in total. The Hall–Kier alpha value is -0.960. The minimum atomic E-state index is -3.75. The van der Waals surface area contributed by atoms with Crippen molar-refractivity contribution in [2.45, 2.75) is 36.5 Å². The van der Waals surface area contributed by atoms with E-state index in [0.29, 0.717) is 12.1 Å². The maximum Gasteiger partial charge on any atom is 0.240 e. The second-order valence-corrected chi connectivity index (χ2v) is 10.5. The highest BCUT2D eigenvalue weighted by Gasteiger charge is 2.25. The van der Waals surface area contributed by atoms with E-state index in [-0.39, 0.29) is 21.3 Å². The molecular weight excluding hydrogens is 348 g/mol. The van der Waals surface area contributed by atoms with Crippen molar-refractivity contribution >= 4 is 19.9 Å². The maximum atomic E-state index is 12.7. The third-order valence-electron chi connectivity index (χ3n) is 4.43. The monoisotopic (exact) mass is 374 g/mol. The van der Waals surface area contributed by atoms with Crippen molar-refractivity contribution in [3.05, 3.63) is 23.3 Å². The number of hydrogen-bond acceptors (Lipinski definition) is 5. The van der Waals surface area contributed by atoms with E-state index in [2.05, 4.69) is 9.62 Å². The largest absolute Gasteiger partial charge is 0.306 e. The number of benzene rings is 1. The Morgan fingerprint density at radius 1 is 1.17 bits per heavy atom. The van der Waals surface area contributed by atoms with Crippen molar-refractivity contribution in [1.82, 2.24) is 9.62 Å². The lowest BCUT2D eigenvalue weighted by molar-refractivity contribution is 0.211. The number of sulfonamides is 1. The summed E-state index contributed by atoms with van der Waals surface area (Å²) < 4.78 is 51.9. The van der Waals surface area contributed by atoms with Crippen molar-refractivity contribution in [2.75, 3.05) is 32.9 Å². The van der Waals surface area contributed by atoms with Crippen molar-refractivity contribution in [3.8, 4) is 0 Å². The average molecular weight is 375 g/mol. The first-order valence-corrected chi connectivity index (χ1v) is 11.4. The number of hydrogen-bond donors (Lipinski definition) is 1. The molecule has 8 heteroatoms. The number of nitrogens with one attached hydrogen (secondary N) is 1. The van der Waals surface area contributed by atoms with Crippen LogP contribution < -0.4 is 4.72 Å². The molecule has 1 heterocycles. The van der Waals surface area contributed by atoms with Gasteiger partial charge in [0.05, 0.1) is 9.79 Å². The van der Waals surface area contributed by atoms with Gasteiger partial charge in [-0.15, -0.1) is 0 Å². The highest BCUT2D eigenvalue weighted by atomic mass is 32.2. The molecule has 1 atom stereocenters. The summed E-state index contributed by atoms with van der Waals surface area (Å²) in [7, 11) is -5.19. The lowest BCUT2D eigenvalue weighted by Crippen LogP contribution is -2.39. The molecule has 0 aliphatic carbocycles. The number of likely N-dealkylation sites (tertiary alicyclic amines) is 1. The number of nitrogens with zero attached hydrogens (tertiary/aromatic N) is 1. The topological polar surface area (TPSA) is 83.5 Å². The van der Waals surface area contributed by atoms with Crippen molar-refractivity contribution in [2.24, 2.45) is 5.92 Å². The molecule has 1 aromatic rings. The third-order valence-corrected chi connectivity index (χ3v) is 7.20. The average Bonchev–Trinajstić information content (AvgIpc) is 2.46. The number of aryl methyl sites for hydroxylation is 1. The summed E-state index contributed by atoms with van der Waals surface area (Å²) in [6, 6.07) is 3.04. The van der Waals surface area contributed by atoms with Gasteiger partial charge < -0.3 is 4.90 Å². The van der Waals surface area contributed by atoms with Crippen LogP contribution in [-0.2, 0) is 19.9 Å². The smallest absolute Gasteiger partial charge is 0.240 e. The summed E-state index contributed by atoms with van der Waals surface area (Å²) in [6.07, 6.45) is 3.15.